The summed E-state index contributed by atoms with van der Waals surface area (Å²) in [7, 11) is 0. The fourth-order valence-electron chi connectivity index (χ4n) is 0.719. The van der Waals surface area contributed by atoms with Crippen molar-refractivity contribution in [1.29, 1.82) is 0 Å². The molecule has 0 saturated carbocycles. The first-order valence-electron chi connectivity index (χ1n) is 3.15. The highest BCUT2D eigenvalue weighted by atomic mass is 79.9. The number of carbonyl (C=O) groups excluding carboxylic acids is 1. The van der Waals surface area contributed by atoms with E-state index in [1.807, 2.05) is 0 Å². The maximum Gasteiger partial charge on any atom is 0.193 e. The number of hydrogen-bond acceptors (Lipinski definition) is 1. The van der Waals surface area contributed by atoms with Gasteiger partial charge in [0.25, 0.3) is 0 Å². The van der Waals surface area contributed by atoms with Gasteiger partial charge in [0, 0.05) is 4.47 Å². The van der Waals surface area contributed by atoms with Crippen LogP contribution in [0.1, 0.15) is 5.56 Å². The maximum atomic E-state index is 12.9. The molecule has 0 aliphatic heterocycles. The van der Waals surface area contributed by atoms with Gasteiger partial charge in [-0.2, -0.15) is 0 Å². The first-order valence-corrected chi connectivity index (χ1v) is 3.94. The predicted molar refractivity (Wildman–Crippen MR) is 47.0 cm³/mol. The van der Waals surface area contributed by atoms with E-state index in [1.54, 1.807) is 12.1 Å². The zero-order chi connectivity index (χ0) is 8.97. The summed E-state index contributed by atoms with van der Waals surface area (Å²) in [6, 6.07) is 4.52. The summed E-state index contributed by atoms with van der Waals surface area (Å²) in [5.74, 6) is 4.10. The van der Waals surface area contributed by atoms with Gasteiger partial charge in [0.05, 0.1) is 5.56 Å². The van der Waals surface area contributed by atoms with Crippen LogP contribution in [0.15, 0.2) is 22.7 Å². The number of hydrogen-bond donors (Lipinski definition) is 0. The normalized spacial score (nSPS) is 8.50. The van der Waals surface area contributed by atoms with E-state index in [4.69, 9.17) is 0 Å². The monoisotopic (exact) mass is 226 g/mol. The molecule has 1 rings (SSSR count). The Bertz CT molecular complexity index is 342. The second-order valence-electron chi connectivity index (χ2n) is 1.98. The Hall–Kier alpha value is -1.14. The zero-order valence-corrected chi connectivity index (χ0v) is 7.56. The molecule has 0 aliphatic rings. The van der Waals surface area contributed by atoms with Crippen molar-refractivity contribution in [2.45, 2.75) is 0 Å². The lowest BCUT2D eigenvalue weighted by molar-refractivity contribution is -0.103. The van der Waals surface area contributed by atoms with Gasteiger partial charge in [-0.3, -0.25) is 4.79 Å². The quantitative estimate of drug-likeness (QED) is 0.490. The first kappa shape index (κ1) is 8.95. The average Bonchev–Trinajstić information content (AvgIpc) is 2.04. The van der Waals surface area contributed by atoms with E-state index in [0.717, 1.165) is 0 Å². The smallest absolute Gasteiger partial charge is 0.193 e. The van der Waals surface area contributed by atoms with Crippen LogP contribution in [0.4, 0.5) is 4.39 Å². The highest BCUT2D eigenvalue weighted by Crippen LogP contribution is 2.17. The predicted octanol–water partition coefficient (Wildman–Crippen LogP) is 2.14. The molecule has 0 bridgehead atoms. The van der Waals surface area contributed by atoms with Crippen LogP contribution in [0.5, 0.6) is 0 Å². The molecule has 0 heterocycles. The van der Waals surface area contributed by atoms with Crippen molar-refractivity contribution >= 4 is 22.2 Å². The molecule has 0 unspecified atom stereocenters. The highest BCUT2D eigenvalue weighted by molar-refractivity contribution is 9.10. The zero-order valence-electron chi connectivity index (χ0n) is 5.97. The summed E-state index contributed by atoms with van der Waals surface area (Å²) in [4.78, 5) is 9.89. The van der Waals surface area contributed by atoms with E-state index in [2.05, 4.69) is 27.8 Å². The largest absolute Gasteiger partial charge is 0.289 e. The van der Waals surface area contributed by atoms with E-state index in [-0.39, 0.29) is 5.56 Å². The highest BCUT2D eigenvalue weighted by Gasteiger charge is 2.01. The van der Waals surface area contributed by atoms with Crippen LogP contribution in [0.3, 0.4) is 0 Å². The molecule has 0 radical (unpaired) electrons. The lowest BCUT2D eigenvalue weighted by Crippen LogP contribution is -1.84. The van der Waals surface area contributed by atoms with Gasteiger partial charge >= 0.3 is 0 Å². The maximum absolute atomic E-state index is 12.9. The van der Waals surface area contributed by atoms with E-state index in [0.29, 0.717) is 10.8 Å². The van der Waals surface area contributed by atoms with Gasteiger partial charge in [0.1, 0.15) is 5.82 Å². The minimum Gasteiger partial charge on any atom is -0.289 e. The van der Waals surface area contributed by atoms with Gasteiger partial charge in [-0.05, 0) is 34.0 Å². The molecule has 0 aliphatic carbocycles. The molecule has 12 heavy (non-hydrogen) atoms. The fourth-order valence-corrected chi connectivity index (χ4v) is 1.16. The summed E-state index contributed by atoms with van der Waals surface area (Å²) < 4.78 is 13.5. The minimum absolute atomic E-state index is 0.213. The second kappa shape index (κ2) is 4.03. The molecule has 60 valence electrons. The first-order chi connectivity index (χ1) is 5.75. The van der Waals surface area contributed by atoms with Crippen LogP contribution in [0.25, 0.3) is 0 Å². The lowest BCUT2D eigenvalue weighted by atomic mass is 10.2. The third-order valence-electron chi connectivity index (χ3n) is 1.22. The number of benzene rings is 1. The van der Waals surface area contributed by atoms with Crippen LogP contribution < -0.4 is 0 Å². The Morgan fingerprint density at radius 2 is 2.25 bits per heavy atom. The van der Waals surface area contributed by atoms with E-state index >= 15 is 0 Å². The van der Waals surface area contributed by atoms with E-state index < -0.39 is 5.82 Å². The Kier molecular flexibility index (Phi) is 3.01. The average molecular weight is 227 g/mol. The summed E-state index contributed by atoms with van der Waals surface area (Å²) in [6.07, 6.45) is 0.429. The van der Waals surface area contributed by atoms with E-state index in [9.17, 15) is 9.18 Å². The number of aldehydes is 1. The van der Waals surface area contributed by atoms with Gasteiger partial charge in [-0.1, -0.05) is 12.0 Å². The molecule has 0 N–H and O–H groups in total. The van der Waals surface area contributed by atoms with Crippen LogP contribution >= 0.6 is 15.9 Å². The van der Waals surface area contributed by atoms with Gasteiger partial charge in [-0.15, -0.1) is 0 Å². The molecule has 0 saturated heterocycles. The summed E-state index contributed by atoms with van der Waals surface area (Å²) >= 11 is 3.12. The minimum atomic E-state index is -0.432. The summed E-state index contributed by atoms with van der Waals surface area (Å²) in [5, 5.41) is 0. The summed E-state index contributed by atoms with van der Waals surface area (Å²) in [6.45, 7) is 0. The van der Waals surface area contributed by atoms with Gasteiger partial charge in [0.15, 0.2) is 6.29 Å². The summed E-state index contributed by atoms with van der Waals surface area (Å²) in [5.41, 5.74) is 0.213. The van der Waals surface area contributed by atoms with Gasteiger partial charge in [-0.25, -0.2) is 4.39 Å². The molecule has 1 aromatic rings. The molecular formula is C9H4BrFO. The molecule has 0 fully saturated rings. The molecular weight excluding hydrogens is 223 g/mol. The Morgan fingerprint density at radius 3 is 2.83 bits per heavy atom. The van der Waals surface area contributed by atoms with Crippen molar-refractivity contribution in [3.8, 4) is 11.8 Å². The van der Waals surface area contributed by atoms with Crippen molar-refractivity contribution in [1.82, 2.24) is 0 Å². The van der Waals surface area contributed by atoms with Crippen molar-refractivity contribution in [3.63, 3.8) is 0 Å². The van der Waals surface area contributed by atoms with E-state index in [1.165, 1.54) is 6.07 Å². The molecule has 1 nitrogen and oxygen atoms in total. The Balaban J connectivity index is 3.21. The molecule has 0 amide bonds. The molecule has 0 spiro atoms. The number of rotatable bonds is 0. The topological polar surface area (TPSA) is 17.1 Å². The SMILES string of the molecule is O=CC#Cc1c(F)cccc1Br. The van der Waals surface area contributed by atoms with Crippen LogP contribution in [0.2, 0.25) is 0 Å². The van der Waals surface area contributed by atoms with Crippen LogP contribution in [-0.2, 0) is 4.79 Å². The number of halogens is 2. The fraction of sp³-hybridized carbons (Fsp3) is 0. The van der Waals surface area contributed by atoms with Crippen molar-refractivity contribution in [2.24, 2.45) is 0 Å². The van der Waals surface area contributed by atoms with Gasteiger partial charge in [0.2, 0.25) is 0 Å². The van der Waals surface area contributed by atoms with Crippen LogP contribution in [0, 0.1) is 17.7 Å². The van der Waals surface area contributed by atoms with Gasteiger partial charge < -0.3 is 0 Å². The van der Waals surface area contributed by atoms with Crippen molar-refractivity contribution in [2.75, 3.05) is 0 Å². The van der Waals surface area contributed by atoms with Crippen molar-refractivity contribution < 1.29 is 9.18 Å². The standard InChI is InChI=1S/C9H4BrFO/c10-8-4-1-5-9(11)7(8)3-2-6-12/h1,4-6H. The Morgan fingerprint density at radius 1 is 1.50 bits per heavy atom. The Labute approximate surface area is 77.7 Å². The molecule has 1 aromatic carbocycles. The van der Waals surface area contributed by atoms with Crippen molar-refractivity contribution in [3.05, 3.63) is 34.1 Å². The lowest BCUT2D eigenvalue weighted by Gasteiger charge is -1.95. The second-order valence-corrected chi connectivity index (χ2v) is 2.84. The third-order valence-corrected chi connectivity index (χ3v) is 1.88. The third kappa shape index (κ3) is 1.93. The number of carbonyl (C=O) groups is 1. The molecule has 3 heteroatoms. The van der Waals surface area contributed by atoms with Crippen LogP contribution in [-0.4, -0.2) is 6.29 Å². The molecule has 0 aromatic heterocycles. The molecule has 0 atom stereocenters.